The molecule has 10 nitrogen and oxygen atoms in total. The maximum Gasteiger partial charge on any atom is 0.325 e. The average Bonchev–Trinajstić information content (AvgIpc) is 3.30. The number of carbonyl (C=O) groups is 2. The summed E-state index contributed by atoms with van der Waals surface area (Å²) in [6.45, 7) is -0.135. The van der Waals surface area contributed by atoms with E-state index in [2.05, 4.69) is 4.99 Å². The molecule has 156 valence electrons. The summed E-state index contributed by atoms with van der Waals surface area (Å²) in [7, 11) is -2.67. The van der Waals surface area contributed by atoms with E-state index >= 15 is 0 Å². The highest BCUT2D eigenvalue weighted by Crippen LogP contribution is 2.32. The van der Waals surface area contributed by atoms with Gasteiger partial charge in [-0.1, -0.05) is 11.3 Å². The lowest BCUT2D eigenvalue weighted by Gasteiger charge is -2.04. The number of rotatable bonds is 4. The van der Waals surface area contributed by atoms with Gasteiger partial charge < -0.3 is 18.8 Å². The lowest BCUT2D eigenvalue weighted by atomic mass is 10.2. The summed E-state index contributed by atoms with van der Waals surface area (Å²) < 4.78 is 40.5. The standard InChI is InChI=1S/C18H15N3O7S2/c1-26-16(22)8-21-12-4-3-11(30(19,24)25)7-15(12)29-18(21)20-17(23)10-2-5-13-14(6-10)28-9-27-13/h2-7H,8-9H2,1H3,(H2,19,24,25). The fourth-order valence-electron chi connectivity index (χ4n) is 2.84. The predicted octanol–water partition coefficient (Wildman–Crippen LogP) is 0.993. The third-order valence-corrected chi connectivity index (χ3v) is 6.27. The molecule has 1 amide bonds. The van der Waals surface area contributed by atoms with Crippen LogP contribution in [0.3, 0.4) is 0 Å². The molecule has 3 aromatic rings. The molecule has 4 rings (SSSR count). The Balaban J connectivity index is 1.84. The molecule has 30 heavy (non-hydrogen) atoms. The average molecular weight is 449 g/mol. The van der Waals surface area contributed by atoms with Gasteiger partial charge >= 0.3 is 5.97 Å². The number of ether oxygens (including phenoxy) is 3. The Bertz CT molecular complexity index is 1360. The van der Waals surface area contributed by atoms with Crippen molar-refractivity contribution in [3.8, 4) is 11.5 Å². The van der Waals surface area contributed by atoms with Crippen LogP contribution in [-0.2, 0) is 26.1 Å². The third-order valence-electron chi connectivity index (χ3n) is 4.31. The molecular weight excluding hydrogens is 434 g/mol. The number of primary sulfonamides is 1. The number of hydrogen-bond donors (Lipinski definition) is 1. The molecule has 1 aliphatic heterocycles. The number of esters is 1. The van der Waals surface area contributed by atoms with E-state index in [1.54, 1.807) is 12.1 Å². The summed E-state index contributed by atoms with van der Waals surface area (Å²) in [6, 6.07) is 8.87. The quantitative estimate of drug-likeness (QED) is 0.586. The van der Waals surface area contributed by atoms with Crippen molar-refractivity contribution < 1.29 is 32.2 Å². The molecule has 0 unspecified atom stereocenters. The van der Waals surface area contributed by atoms with Gasteiger partial charge in [0.05, 0.1) is 22.2 Å². The van der Waals surface area contributed by atoms with Gasteiger partial charge in [0.15, 0.2) is 16.3 Å². The third kappa shape index (κ3) is 3.79. The van der Waals surface area contributed by atoms with Crippen LogP contribution < -0.4 is 19.4 Å². The second kappa shape index (κ2) is 7.55. The molecule has 2 aromatic carbocycles. The van der Waals surface area contributed by atoms with E-state index in [9.17, 15) is 18.0 Å². The van der Waals surface area contributed by atoms with Gasteiger partial charge in [0.2, 0.25) is 16.8 Å². The number of nitrogens with zero attached hydrogens (tertiary/aromatic N) is 2. The second-order valence-electron chi connectivity index (χ2n) is 6.21. The molecule has 2 heterocycles. The van der Waals surface area contributed by atoms with Crippen molar-refractivity contribution in [3.63, 3.8) is 0 Å². The van der Waals surface area contributed by atoms with Crippen LogP contribution in [0, 0.1) is 0 Å². The molecule has 0 atom stereocenters. The highest BCUT2D eigenvalue weighted by atomic mass is 32.2. The molecule has 1 aliphatic rings. The maximum absolute atomic E-state index is 12.7. The van der Waals surface area contributed by atoms with Crippen LogP contribution in [0.4, 0.5) is 0 Å². The monoisotopic (exact) mass is 449 g/mol. The molecule has 0 saturated carbocycles. The molecule has 0 aliphatic carbocycles. The smallest absolute Gasteiger partial charge is 0.325 e. The van der Waals surface area contributed by atoms with Gasteiger partial charge in [-0.15, -0.1) is 0 Å². The number of aromatic nitrogens is 1. The molecule has 0 fully saturated rings. The number of sulfonamides is 1. The van der Waals surface area contributed by atoms with Gasteiger partial charge in [-0.3, -0.25) is 9.59 Å². The van der Waals surface area contributed by atoms with Crippen LogP contribution in [-0.4, -0.2) is 38.8 Å². The summed E-state index contributed by atoms with van der Waals surface area (Å²) in [4.78, 5) is 28.8. The Morgan fingerprint density at radius 2 is 1.97 bits per heavy atom. The van der Waals surface area contributed by atoms with Crippen molar-refractivity contribution >= 4 is 43.5 Å². The Kier molecular flexibility index (Phi) is 5.05. The van der Waals surface area contributed by atoms with Crippen molar-refractivity contribution in [2.75, 3.05) is 13.9 Å². The Hall–Kier alpha value is -3.22. The van der Waals surface area contributed by atoms with Gasteiger partial charge in [0.25, 0.3) is 5.91 Å². The molecule has 1 aromatic heterocycles. The van der Waals surface area contributed by atoms with Crippen molar-refractivity contribution in [2.24, 2.45) is 10.1 Å². The zero-order chi connectivity index (χ0) is 21.5. The van der Waals surface area contributed by atoms with Crippen LogP contribution in [0.15, 0.2) is 46.3 Å². The van der Waals surface area contributed by atoms with E-state index in [1.807, 2.05) is 0 Å². The highest BCUT2D eigenvalue weighted by Gasteiger charge is 2.18. The van der Waals surface area contributed by atoms with E-state index in [4.69, 9.17) is 19.3 Å². The molecule has 0 saturated heterocycles. The van der Waals surface area contributed by atoms with Crippen LogP contribution in [0.1, 0.15) is 10.4 Å². The summed E-state index contributed by atoms with van der Waals surface area (Å²) in [6.07, 6.45) is 0. The van der Waals surface area contributed by atoms with Gasteiger partial charge in [0.1, 0.15) is 6.54 Å². The number of nitrogens with two attached hydrogens (primary N) is 1. The van der Waals surface area contributed by atoms with Crippen LogP contribution in [0.25, 0.3) is 10.2 Å². The SMILES string of the molecule is COC(=O)Cn1c(=NC(=O)c2ccc3c(c2)OCO3)sc2cc(S(N)(=O)=O)ccc21. The number of amides is 1. The molecule has 2 N–H and O–H groups in total. The van der Waals surface area contributed by atoms with Gasteiger partial charge in [0, 0.05) is 5.56 Å². The van der Waals surface area contributed by atoms with Gasteiger partial charge in [-0.05, 0) is 36.4 Å². The summed E-state index contributed by atoms with van der Waals surface area (Å²) in [5, 5.41) is 5.19. The number of benzene rings is 2. The molecule has 12 heteroatoms. The van der Waals surface area contributed by atoms with Crippen molar-refractivity contribution in [1.82, 2.24) is 4.57 Å². The number of thiazole rings is 1. The zero-order valence-corrected chi connectivity index (χ0v) is 17.2. The number of fused-ring (bicyclic) bond motifs is 2. The molecule has 0 bridgehead atoms. The zero-order valence-electron chi connectivity index (χ0n) is 15.5. The first kappa shape index (κ1) is 20.1. The summed E-state index contributed by atoms with van der Waals surface area (Å²) in [5.41, 5.74) is 0.779. The predicted molar refractivity (Wildman–Crippen MR) is 106 cm³/mol. The topological polar surface area (TPSA) is 139 Å². The van der Waals surface area contributed by atoms with Crippen molar-refractivity contribution in [3.05, 3.63) is 46.8 Å². The van der Waals surface area contributed by atoms with E-state index in [0.717, 1.165) is 11.3 Å². The second-order valence-corrected chi connectivity index (χ2v) is 8.78. The minimum absolute atomic E-state index is 0.0753. The Morgan fingerprint density at radius 1 is 1.20 bits per heavy atom. The minimum atomic E-state index is -3.92. The van der Waals surface area contributed by atoms with Gasteiger partial charge in [-0.25, -0.2) is 13.6 Å². The van der Waals surface area contributed by atoms with E-state index in [1.165, 1.54) is 35.9 Å². The first-order valence-electron chi connectivity index (χ1n) is 8.48. The first-order valence-corrected chi connectivity index (χ1v) is 10.8. The van der Waals surface area contributed by atoms with Crippen molar-refractivity contribution in [2.45, 2.75) is 11.4 Å². The molecule has 0 radical (unpaired) electrons. The molecular formula is C18H15N3O7S2. The number of hydrogen-bond acceptors (Lipinski definition) is 8. The highest BCUT2D eigenvalue weighted by molar-refractivity contribution is 7.89. The number of carbonyl (C=O) groups excluding carboxylic acids is 2. The van der Waals surface area contributed by atoms with E-state index in [-0.39, 0.29) is 28.6 Å². The maximum atomic E-state index is 12.7. The van der Waals surface area contributed by atoms with Crippen molar-refractivity contribution in [1.29, 1.82) is 0 Å². The minimum Gasteiger partial charge on any atom is -0.468 e. The number of methoxy groups -OCH3 is 1. The van der Waals surface area contributed by atoms with Crippen LogP contribution >= 0.6 is 11.3 Å². The molecule has 0 spiro atoms. The lowest BCUT2D eigenvalue weighted by Crippen LogP contribution is -2.22. The fourth-order valence-corrected chi connectivity index (χ4v) is 4.52. The Morgan fingerprint density at radius 3 is 2.70 bits per heavy atom. The fraction of sp³-hybridized carbons (Fsp3) is 0.167. The van der Waals surface area contributed by atoms with E-state index < -0.39 is 21.9 Å². The Labute approximate surface area is 174 Å². The largest absolute Gasteiger partial charge is 0.468 e. The van der Waals surface area contributed by atoms with Gasteiger partial charge in [-0.2, -0.15) is 4.99 Å². The summed E-state index contributed by atoms with van der Waals surface area (Å²) >= 11 is 1.05. The first-order chi connectivity index (χ1) is 14.3. The lowest BCUT2D eigenvalue weighted by molar-refractivity contribution is -0.141. The normalized spacial score (nSPS) is 13.6. The summed E-state index contributed by atoms with van der Waals surface area (Å²) in [5.74, 6) is -0.148. The van der Waals surface area contributed by atoms with E-state index in [0.29, 0.717) is 21.7 Å². The van der Waals surface area contributed by atoms with Crippen LogP contribution in [0.2, 0.25) is 0 Å². The van der Waals surface area contributed by atoms with Crippen LogP contribution in [0.5, 0.6) is 11.5 Å².